The zero-order valence-corrected chi connectivity index (χ0v) is 12.9. The molecular formula is C16H17BrO2. The minimum Gasteiger partial charge on any atom is -0.497 e. The molecule has 0 aliphatic heterocycles. The van der Waals surface area contributed by atoms with Crippen LogP contribution in [0.4, 0.5) is 0 Å². The van der Waals surface area contributed by atoms with Crippen LogP contribution in [0.2, 0.25) is 0 Å². The molecule has 2 aromatic rings. The number of alkyl halides is 1. The molecule has 0 fully saturated rings. The molecule has 0 aliphatic carbocycles. The third-order valence-corrected chi connectivity index (χ3v) is 4.15. The van der Waals surface area contributed by atoms with Crippen LogP contribution in [0.15, 0.2) is 42.5 Å². The SMILES string of the molecule is COc1ccc(C(Br)c2ccccc2OC)c(C)c1. The number of ether oxygens (including phenoxy) is 2. The van der Waals surface area contributed by atoms with Crippen molar-refractivity contribution in [2.75, 3.05) is 14.2 Å². The maximum absolute atomic E-state index is 5.42. The molecule has 0 saturated carbocycles. The number of benzene rings is 2. The molecule has 3 heteroatoms. The number of para-hydroxylation sites is 1. The first-order valence-corrected chi connectivity index (χ1v) is 7.00. The van der Waals surface area contributed by atoms with Crippen molar-refractivity contribution < 1.29 is 9.47 Å². The van der Waals surface area contributed by atoms with Crippen molar-refractivity contribution in [3.63, 3.8) is 0 Å². The lowest BCUT2D eigenvalue weighted by atomic mass is 9.99. The molecule has 0 radical (unpaired) electrons. The van der Waals surface area contributed by atoms with Crippen LogP contribution in [0.25, 0.3) is 0 Å². The topological polar surface area (TPSA) is 18.5 Å². The molecule has 0 aliphatic rings. The van der Waals surface area contributed by atoms with Crippen LogP contribution < -0.4 is 9.47 Å². The average Bonchev–Trinajstić information content (AvgIpc) is 2.46. The molecule has 0 amide bonds. The quantitative estimate of drug-likeness (QED) is 0.772. The molecule has 1 atom stereocenters. The van der Waals surface area contributed by atoms with Gasteiger partial charge >= 0.3 is 0 Å². The summed E-state index contributed by atoms with van der Waals surface area (Å²) in [6.45, 7) is 2.08. The summed E-state index contributed by atoms with van der Waals surface area (Å²) < 4.78 is 10.7. The average molecular weight is 321 g/mol. The van der Waals surface area contributed by atoms with E-state index in [0.717, 1.165) is 17.1 Å². The molecule has 1 unspecified atom stereocenters. The molecule has 0 bridgehead atoms. The fourth-order valence-electron chi connectivity index (χ4n) is 2.10. The second-order valence-electron chi connectivity index (χ2n) is 4.33. The Balaban J connectivity index is 2.41. The Bertz CT molecular complexity index is 566. The van der Waals surface area contributed by atoms with E-state index in [1.165, 1.54) is 11.1 Å². The predicted molar refractivity (Wildman–Crippen MR) is 81.5 cm³/mol. The molecule has 2 nitrogen and oxygen atoms in total. The van der Waals surface area contributed by atoms with Crippen LogP contribution >= 0.6 is 15.9 Å². The van der Waals surface area contributed by atoms with E-state index in [9.17, 15) is 0 Å². The second kappa shape index (κ2) is 6.11. The Hall–Kier alpha value is -1.48. The van der Waals surface area contributed by atoms with Gasteiger partial charge in [-0.05, 0) is 36.2 Å². The highest BCUT2D eigenvalue weighted by atomic mass is 79.9. The first-order valence-electron chi connectivity index (χ1n) is 6.09. The molecule has 19 heavy (non-hydrogen) atoms. The smallest absolute Gasteiger partial charge is 0.123 e. The predicted octanol–water partition coefficient (Wildman–Crippen LogP) is 4.50. The van der Waals surface area contributed by atoms with Crippen molar-refractivity contribution in [3.8, 4) is 11.5 Å². The van der Waals surface area contributed by atoms with E-state index in [-0.39, 0.29) is 4.83 Å². The summed E-state index contributed by atoms with van der Waals surface area (Å²) in [6, 6.07) is 14.1. The molecule has 0 saturated heterocycles. The van der Waals surface area contributed by atoms with Gasteiger partial charge in [-0.3, -0.25) is 0 Å². The standard InChI is InChI=1S/C16H17BrO2/c1-11-10-12(18-2)8-9-13(11)16(17)14-6-4-5-7-15(14)19-3/h4-10,16H,1-3H3. The van der Waals surface area contributed by atoms with Gasteiger partial charge in [0.15, 0.2) is 0 Å². The molecule has 0 aromatic heterocycles. The lowest BCUT2D eigenvalue weighted by molar-refractivity contribution is 0.410. The number of hydrogen-bond donors (Lipinski definition) is 0. The van der Waals surface area contributed by atoms with Crippen LogP contribution in [0.3, 0.4) is 0 Å². The summed E-state index contributed by atoms with van der Waals surface area (Å²) >= 11 is 3.76. The Morgan fingerprint density at radius 3 is 2.32 bits per heavy atom. The molecule has 0 spiro atoms. The zero-order valence-electron chi connectivity index (χ0n) is 11.3. The molecule has 2 rings (SSSR count). The number of methoxy groups -OCH3 is 2. The fourth-order valence-corrected chi connectivity index (χ4v) is 2.99. The van der Waals surface area contributed by atoms with Crippen LogP contribution in [-0.2, 0) is 0 Å². The van der Waals surface area contributed by atoms with Crippen molar-refractivity contribution in [3.05, 3.63) is 59.2 Å². The van der Waals surface area contributed by atoms with Gasteiger partial charge in [0.05, 0.1) is 19.0 Å². The van der Waals surface area contributed by atoms with Gasteiger partial charge < -0.3 is 9.47 Å². The van der Waals surface area contributed by atoms with Gasteiger partial charge in [-0.25, -0.2) is 0 Å². The van der Waals surface area contributed by atoms with Crippen LogP contribution in [-0.4, -0.2) is 14.2 Å². The van der Waals surface area contributed by atoms with Crippen LogP contribution in [0.5, 0.6) is 11.5 Å². The summed E-state index contributed by atoms with van der Waals surface area (Å²) in [5, 5.41) is 0. The number of aryl methyl sites for hydroxylation is 1. The van der Waals surface area contributed by atoms with Crippen molar-refractivity contribution in [1.82, 2.24) is 0 Å². The largest absolute Gasteiger partial charge is 0.497 e. The van der Waals surface area contributed by atoms with Gasteiger partial charge in [0.2, 0.25) is 0 Å². The van der Waals surface area contributed by atoms with E-state index in [0.29, 0.717) is 0 Å². The maximum atomic E-state index is 5.42. The molecule has 2 aromatic carbocycles. The summed E-state index contributed by atoms with van der Waals surface area (Å²) in [4.78, 5) is 0.106. The van der Waals surface area contributed by atoms with Crippen molar-refractivity contribution in [2.45, 2.75) is 11.8 Å². The lowest BCUT2D eigenvalue weighted by Crippen LogP contribution is -1.99. The maximum Gasteiger partial charge on any atom is 0.123 e. The summed E-state index contributed by atoms with van der Waals surface area (Å²) in [5.41, 5.74) is 3.52. The highest BCUT2D eigenvalue weighted by Gasteiger charge is 2.16. The second-order valence-corrected chi connectivity index (χ2v) is 5.24. The third kappa shape index (κ3) is 2.92. The molecule has 0 heterocycles. The molecule has 100 valence electrons. The van der Waals surface area contributed by atoms with E-state index in [1.807, 2.05) is 30.3 Å². The van der Waals surface area contributed by atoms with Crippen molar-refractivity contribution in [1.29, 1.82) is 0 Å². The van der Waals surface area contributed by atoms with Crippen LogP contribution in [0.1, 0.15) is 21.5 Å². The first kappa shape index (κ1) is 13.9. The van der Waals surface area contributed by atoms with E-state index in [4.69, 9.17) is 9.47 Å². The van der Waals surface area contributed by atoms with E-state index < -0.39 is 0 Å². The Morgan fingerprint density at radius 2 is 1.68 bits per heavy atom. The Kier molecular flexibility index (Phi) is 4.48. The summed E-state index contributed by atoms with van der Waals surface area (Å²) in [7, 11) is 3.37. The summed E-state index contributed by atoms with van der Waals surface area (Å²) in [5.74, 6) is 1.76. The third-order valence-electron chi connectivity index (χ3n) is 3.16. The Labute approximate surface area is 122 Å². The van der Waals surface area contributed by atoms with Gasteiger partial charge in [0, 0.05) is 5.56 Å². The first-order chi connectivity index (χ1) is 9.17. The van der Waals surface area contributed by atoms with Gasteiger partial charge in [-0.1, -0.05) is 40.2 Å². The lowest BCUT2D eigenvalue weighted by Gasteiger charge is -2.17. The zero-order chi connectivity index (χ0) is 13.8. The van der Waals surface area contributed by atoms with Gasteiger partial charge in [-0.15, -0.1) is 0 Å². The fraction of sp³-hybridized carbons (Fsp3) is 0.250. The van der Waals surface area contributed by atoms with Crippen molar-refractivity contribution >= 4 is 15.9 Å². The number of halogens is 1. The van der Waals surface area contributed by atoms with Crippen molar-refractivity contribution in [2.24, 2.45) is 0 Å². The number of hydrogen-bond acceptors (Lipinski definition) is 2. The number of rotatable bonds is 4. The van der Waals surface area contributed by atoms with E-state index >= 15 is 0 Å². The van der Waals surface area contributed by atoms with E-state index in [2.05, 4.69) is 35.0 Å². The Morgan fingerprint density at radius 1 is 0.947 bits per heavy atom. The highest BCUT2D eigenvalue weighted by Crippen LogP contribution is 2.38. The van der Waals surface area contributed by atoms with Crippen LogP contribution in [0, 0.1) is 6.92 Å². The minimum absolute atomic E-state index is 0.106. The monoisotopic (exact) mass is 320 g/mol. The summed E-state index contributed by atoms with van der Waals surface area (Å²) in [6.07, 6.45) is 0. The minimum atomic E-state index is 0.106. The highest BCUT2D eigenvalue weighted by molar-refractivity contribution is 9.09. The molecular weight excluding hydrogens is 304 g/mol. The van der Waals surface area contributed by atoms with Gasteiger partial charge in [0.25, 0.3) is 0 Å². The van der Waals surface area contributed by atoms with Gasteiger partial charge in [-0.2, -0.15) is 0 Å². The normalized spacial score (nSPS) is 12.0. The molecule has 0 N–H and O–H groups in total. The van der Waals surface area contributed by atoms with Gasteiger partial charge in [0.1, 0.15) is 11.5 Å². The van der Waals surface area contributed by atoms with E-state index in [1.54, 1.807) is 14.2 Å².